The maximum atomic E-state index is 13.4. The Kier molecular flexibility index (Phi) is 14.3. The summed E-state index contributed by atoms with van der Waals surface area (Å²) in [5, 5.41) is 11.5. The molecule has 0 N–H and O–H groups in total. The van der Waals surface area contributed by atoms with Gasteiger partial charge in [-0.15, -0.1) is 0 Å². The van der Waals surface area contributed by atoms with Crippen LogP contribution in [-0.4, -0.2) is 64.5 Å². The van der Waals surface area contributed by atoms with E-state index in [1.165, 1.54) is 18.2 Å². The third kappa shape index (κ3) is 10.6. The minimum absolute atomic E-state index is 0.0260. The minimum atomic E-state index is -0.961. The lowest BCUT2D eigenvalue weighted by Crippen LogP contribution is -2.36. The molecule has 2 unspecified atom stereocenters. The van der Waals surface area contributed by atoms with Gasteiger partial charge in [-0.3, -0.25) is 19.9 Å². The Morgan fingerprint density at radius 1 is 0.880 bits per heavy atom. The first kappa shape index (κ1) is 37.5. The average molecular weight is 689 g/mol. The van der Waals surface area contributed by atoms with Crippen LogP contribution in [0.4, 0.5) is 5.69 Å². The van der Waals surface area contributed by atoms with E-state index in [1.807, 2.05) is 12.5 Å². The van der Waals surface area contributed by atoms with Gasteiger partial charge in [-0.1, -0.05) is 25.0 Å². The van der Waals surface area contributed by atoms with Crippen molar-refractivity contribution in [2.24, 2.45) is 10.9 Å². The van der Waals surface area contributed by atoms with Gasteiger partial charge in [0.2, 0.25) is 0 Å². The number of benzene rings is 2. The van der Waals surface area contributed by atoms with Crippen LogP contribution in [0.2, 0.25) is 0 Å². The molecule has 0 aliphatic carbocycles. The number of nitrogens with zero attached hydrogens (tertiary/aromatic N) is 4. The zero-order chi connectivity index (χ0) is 35.9. The zero-order valence-electron chi connectivity index (χ0n) is 28.7. The van der Waals surface area contributed by atoms with E-state index in [0.29, 0.717) is 47.7 Å². The van der Waals surface area contributed by atoms with Crippen LogP contribution in [0.5, 0.6) is 5.75 Å². The molecule has 4 rings (SSSR count). The van der Waals surface area contributed by atoms with Gasteiger partial charge in [0.15, 0.2) is 0 Å². The normalized spacial score (nSPS) is 15.6. The number of ether oxygens (including phenoxy) is 4. The van der Waals surface area contributed by atoms with Crippen LogP contribution >= 0.6 is 0 Å². The Labute approximate surface area is 291 Å². The van der Waals surface area contributed by atoms with Crippen molar-refractivity contribution in [3.63, 3.8) is 0 Å². The van der Waals surface area contributed by atoms with Gasteiger partial charge in [0, 0.05) is 48.4 Å². The first-order valence-corrected chi connectivity index (χ1v) is 16.9. The van der Waals surface area contributed by atoms with Crippen LogP contribution in [0.15, 0.2) is 83.5 Å². The van der Waals surface area contributed by atoms with Gasteiger partial charge in [0.1, 0.15) is 11.7 Å². The fraction of sp³-hybridized carbons (Fsp3) is 0.432. The molecule has 0 bridgehead atoms. The third-order valence-corrected chi connectivity index (χ3v) is 8.26. The monoisotopic (exact) mass is 688 g/mol. The van der Waals surface area contributed by atoms with Crippen molar-refractivity contribution in [3.05, 3.63) is 99.8 Å². The number of allylic oxidation sites excluding steroid dienone is 1. The number of aryl methyl sites for hydroxylation is 1. The van der Waals surface area contributed by atoms with E-state index in [0.717, 1.165) is 32.2 Å². The number of imidazole rings is 1. The molecule has 50 heavy (non-hydrogen) atoms. The first-order valence-electron chi connectivity index (χ1n) is 16.9. The largest absolute Gasteiger partial charge is 0.494 e. The predicted octanol–water partition coefficient (Wildman–Crippen LogP) is 6.62. The summed E-state index contributed by atoms with van der Waals surface area (Å²) < 4.78 is 24.1. The number of hydrogen-bond donors (Lipinski definition) is 0. The maximum absolute atomic E-state index is 13.4. The number of carbonyl (C=O) groups excluding carboxylic acids is 3. The lowest BCUT2D eigenvalue weighted by atomic mass is 9.75. The van der Waals surface area contributed by atoms with Gasteiger partial charge in [0.05, 0.1) is 48.8 Å². The minimum Gasteiger partial charge on any atom is -0.494 e. The number of rotatable bonds is 19. The van der Waals surface area contributed by atoms with Crippen molar-refractivity contribution in [2.45, 2.75) is 71.8 Å². The molecule has 266 valence electrons. The quantitative estimate of drug-likeness (QED) is 0.0440. The number of unbranched alkanes of at least 4 members (excludes halogenated alkanes) is 4. The Morgan fingerprint density at radius 3 is 2.26 bits per heavy atom. The zero-order valence-corrected chi connectivity index (χ0v) is 28.7. The summed E-state index contributed by atoms with van der Waals surface area (Å²) in [6.45, 7) is 6.81. The van der Waals surface area contributed by atoms with Crippen molar-refractivity contribution in [3.8, 4) is 5.75 Å². The van der Waals surface area contributed by atoms with E-state index in [-0.39, 0.29) is 31.1 Å². The highest BCUT2D eigenvalue weighted by Crippen LogP contribution is 2.41. The van der Waals surface area contributed by atoms with Gasteiger partial charge >= 0.3 is 17.9 Å². The topological polar surface area (TPSA) is 161 Å². The Balaban J connectivity index is 1.21. The molecule has 0 amide bonds. The molecule has 1 aliphatic rings. The van der Waals surface area contributed by atoms with Crippen molar-refractivity contribution in [2.75, 3.05) is 26.4 Å². The van der Waals surface area contributed by atoms with Crippen LogP contribution in [0.3, 0.4) is 0 Å². The Morgan fingerprint density at radius 2 is 1.58 bits per heavy atom. The summed E-state index contributed by atoms with van der Waals surface area (Å²) in [7, 11) is 0. The molecule has 0 radical (unpaired) electrons. The molecule has 0 fully saturated rings. The van der Waals surface area contributed by atoms with Crippen molar-refractivity contribution >= 4 is 29.3 Å². The lowest BCUT2D eigenvalue weighted by molar-refractivity contribution is -0.384. The maximum Gasteiger partial charge on any atom is 0.338 e. The molecule has 2 atom stereocenters. The number of nitro benzene ring substituents is 1. The number of carbonyl (C=O) groups is 3. The number of hydrogen-bond acceptors (Lipinski definition) is 11. The summed E-state index contributed by atoms with van der Waals surface area (Å²) in [4.78, 5) is 58.5. The van der Waals surface area contributed by atoms with Crippen LogP contribution < -0.4 is 4.74 Å². The van der Waals surface area contributed by atoms with Crippen LogP contribution in [0.25, 0.3) is 0 Å². The number of esters is 3. The van der Waals surface area contributed by atoms with Gasteiger partial charge in [-0.2, -0.15) is 0 Å². The molecule has 1 aliphatic heterocycles. The molecule has 0 saturated heterocycles. The van der Waals surface area contributed by atoms with Gasteiger partial charge in [-0.25, -0.2) is 14.6 Å². The highest BCUT2D eigenvalue weighted by Gasteiger charge is 2.42. The van der Waals surface area contributed by atoms with Crippen LogP contribution in [-0.2, 0) is 30.3 Å². The summed E-state index contributed by atoms with van der Waals surface area (Å²) in [5.74, 6) is -2.90. The van der Waals surface area contributed by atoms with E-state index >= 15 is 0 Å². The van der Waals surface area contributed by atoms with Crippen LogP contribution in [0, 0.1) is 16.0 Å². The highest BCUT2D eigenvalue weighted by molar-refractivity contribution is 6.07. The van der Waals surface area contributed by atoms with Crippen molar-refractivity contribution in [1.29, 1.82) is 0 Å². The SMILES string of the molecule is CCOC(=O)C1C(C)=NC(C)=C(C(=O)OCCCCOC(=O)c2ccc(OCCCCCCn3ccnc3)cc2)C1c1cccc([N+](=O)[O-])c1. The first-order chi connectivity index (χ1) is 24.2. The van der Waals surface area contributed by atoms with E-state index < -0.39 is 34.7 Å². The molecule has 0 spiro atoms. The fourth-order valence-electron chi connectivity index (χ4n) is 5.77. The lowest BCUT2D eigenvalue weighted by Gasteiger charge is -2.31. The van der Waals surface area contributed by atoms with Crippen molar-refractivity contribution < 1.29 is 38.3 Å². The summed E-state index contributed by atoms with van der Waals surface area (Å²) in [6.07, 6.45) is 10.6. The molecule has 3 aromatic rings. The Hall–Kier alpha value is -5.33. The number of nitro groups is 1. The highest BCUT2D eigenvalue weighted by atomic mass is 16.6. The summed E-state index contributed by atoms with van der Waals surface area (Å²) in [5.41, 5.74) is 1.55. The molecule has 2 aromatic carbocycles. The third-order valence-electron chi connectivity index (χ3n) is 8.26. The Bertz CT molecular complexity index is 1670. The molecule has 0 saturated carbocycles. The summed E-state index contributed by atoms with van der Waals surface area (Å²) in [6, 6.07) is 12.6. The molecule has 13 nitrogen and oxygen atoms in total. The predicted molar refractivity (Wildman–Crippen MR) is 185 cm³/mol. The second-order valence-corrected chi connectivity index (χ2v) is 11.9. The molecule has 2 heterocycles. The molecular formula is C37H44N4O9. The molecule has 13 heteroatoms. The fourth-order valence-corrected chi connectivity index (χ4v) is 5.77. The molecule has 1 aromatic heterocycles. The second-order valence-electron chi connectivity index (χ2n) is 11.9. The van der Waals surface area contributed by atoms with Gasteiger partial charge in [0.25, 0.3) is 5.69 Å². The average Bonchev–Trinajstić information content (AvgIpc) is 3.63. The standard InChI is InChI=1S/C37H44N4O9/c1-4-47-36(43)32-26(2)39-27(3)33(34(32)29-12-11-13-30(24-29)41(45)46)37(44)50-23-10-9-22-49-35(42)28-14-16-31(17-15-28)48-21-8-6-5-7-19-40-20-18-38-25-40/h11-18,20,24-25,32,34H,4-10,19,21-23H2,1-3H3. The number of non-ortho nitro benzene ring substituents is 1. The van der Waals surface area contributed by atoms with E-state index in [9.17, 15) is 24.5 Å². The second kappa shape index (κ2) is 19.0. The van der Waals surface area contributed by atoms with Gasteiger partial charge < -0.3 is 23.5 Å². The van der Waals surface area contributed by atoms with Crippen molar-refractivity contribution in [1.82, 2.24) is 9.55 Å². The number of aliphatic imine (C=N–C) groups is 1. The number of aromatic nitrogens is 2. The molecular weight excluding hydrogens is 644 g/mol. The summed E-state index contributed by atoms with van der Waals surface area (Å²) >= 11 is 0. The van der Waals surface area contributed by atoms with E-state index in [2.05, 4.69) is 14.5 Å². The van der Waals surface area contributed by atoms with Gasteiger partial charge in [-0.05, 0) is 76.3 Å². The van der Waals surface area contributed by atoms with E-state index in [4.69, 9.17) is 18.9 Å². The van der Waals surface area contributed by atoms with E-state index in [1.54, 1.807) is 57.3 Å². The van der Waals surface area contributed by atoms with Crippen LogP contribution in [0.1, 0.15) is 81.1 Å². The smallest absolute Gasteiger partial charge is 0.338 e.